The average Bonchev–Trinajstić information content (AvgIpc) is 2.78. The van der Waals surface area contributed by atoms with Crippen LogP contribution in [0.4, 0.5) is 11.6 Å². The summed E-state index contributed by atoms with van der Waals surface area (Å²) in [4.78, 5) is 14.7. The SMILES string of the molecule is CC1CNc2nc3ccc([N+](=O)[O-])cc3n21. The van der Waals surface area contributed by atoms with Gasteiger partial charge in [0.25, 0.3) is 5.69 Å². The Labute approximate surface area is 91.0 Å². The summed E-state index contributed by atoms with van der Waals surface area (Å²) >= 11 is 0. The van der Waals surface area contributed by atoms with Crippen LogP contribution in [0.5, 0.6) is 0 Å². The quantitative estimate of drug-likeness (QED) is 0.586. The third kappa shape index (κ3) is 1.09. The number of hydrogen-bond donors (Lipinski definition) is 1. The molecule has 6 nitrogen and oxygen atoms in total. The minimum absolute atomic E-state index is 0.106. The van der Waals surface area contributed by atoms with Crippen molar-refractivity contribution >= 4 is 22.7 Å². The van der Waals surface area contributed by atoms with Crippen molar-refractivity contribution in [3.8, 4) is 0 Å². The lowest BCUT2D eigenvalue weighted by Gasteiger charge is -2.04. The molecule has 1 N–H and O–H groups in total. The summed E-state index contributed by atoms with van der Waals surface area (Å²) in [5, 5.41) is 13.9. The Morgan fingerprint density at radius 3 is 3.19 bits per heavy atom. The minimum atomic E-state index is -0.382. The van der Waals surface area contributed by atoms with E-state index in [0.29, 0.717) is 0 Å². The molecular formula is C10H10N4O2. The fraction of sp³-hybridized carbons (Fsp3) is 0.300. The van der Waals surface area contributed by atoms with Crippen LogP contribution in [-0.4, -0.2) is 21.0 Å². The zero-order valence-corrected chi connectivity index (χ0v) is 8.67. The van der Waals surface area contributed by atoms with Crippen molar-refractivity contribution < 1.29 is 4.92 Å². The molecule has 0 saturated heterocycles. The Hall–Kier alpha value is -2.11. The van der Waals surface area contributed by atoms with Gasteiger partial charge >= 0.3 is 0 Å². The van der Waals surface area contributed by atoms with Gasteiger partial charge in [0, 0.05) is 18.7 Å². The Balaban J connectivity index is 2.29. The van der Waals surface area contributed by atoms with Gasteiger partial charge in [-0.25, -0.2) is 4.98 Å². The van der Waals surface area contributed by atoms with Crippen LogP contribution in [0, 0.1) is 10.1 Å². The topological polar surface area (TPSA) is 73.0 Å². The number of nitrogens with zero attached hydrogens (tertiary/aromatic N) is 3. The zero-order chi connectivity index (χ0) is 11.3. The minimum Gasteiger partial charge on any atom is -0.354 e. The number of anilines is 1. The Morgan fingerprint density at radius 1 is 1.62 bits per heavy atom. The van der Waals surface area contributed by atoms with E-state index in [1.165, 1.54) is 6.07 Å². The predicted octanol–water partition coefficient (Wildman–Crippen LogP) is 1.93. The summed E-state index contributed by atoms with van der Waals surface area (Å²) in [7, 11) is 0. The summed E-state index contributed by atoms with van der Waals surface area (Å²) in [5.74, 6) is 0.794. The first kappa shape index (κ1) is 9.14. The van der Waals surface area contributed by atoms with Gasteiger partial charge < -0.3 is 9.88 Å². The highest BCUT2D eigenvalue weighted by Gasteiger charge is 2.23. The number of nitrogens with one attached hydrogen (secondary N) is 1. The fourth-order valence-corrected chi connectivity index (χ4v) is 2.10. The Kier molecular flexibility index (Phi) is 1.68. The molecule has 1 aromatic carbocycles. The lowest BCUT2D eigenvalue weighted by molar-refractivity contribution is -0.384. The number of imidazole rings is 1. The van der Waals surface area contributed by atoms with Gasteiger partial charge in [-0.3, -0.25) is 10.1 Å². The molecule has 1 unspecified atom stereocenters. The van der Waals surface area contributed by atoms with Crippen LogP contribution in [0.3, 0.4) is 0 Å². The summed E-state index contributed by atoms with van der Waals surface area (Å²) in [6.45, 7) is 2.88. The monoisotopic (exact) mass is 218 g/mol. The lowest BCUT2D eigenvalue weighted by Crippen LogP contribution is -2.02. The molecule has 0 saturated carbocycles. The molecule has 1 aliphatic rings. The molecule has 1 atom stereocenters. The molecule has 1 aromatic heterocycles. The van der Waals surface area contributed by atoms with Crippen LogP contribution >= 0.6 is 0 Å². The molecule has 82 valence electrons. The standard InChI is InChI=1S/C10H10N4O2/c1-6-5-11-10-12-8-3-2-7(14(15)16)4-9(8)13(6)10/h2-4,6H,5H2,1H3,(H,11,12). The number of rotatable bonds is 1. The highest BCUT2D eigenvalue weighted by molar-refractivity contribution is 5.81. The number of nitro benzene ring substituents is 1. The number of fused-ring (bicyclic) bond motifs is 3. The van der Waals surface area contributed by atoms with E-state index in [1.54, 1.807) is 12.1 Å². The van der Waals surface area contributed by atoms with Gasteiger partial charge in [-0.1, -0.05) is 0 Å². The maximum absolute atomic E-state index is 10.7. The van der Waals surface area contributed by atoms with Crippen molar-refractivity contribution in [2.24, 2.45) is 0 Å². The molecule has 2 aromatic rings. The summed E-state index contributed by atoms with van der Waals surface area (Å²) in [6.07, 6.45) is 0. The maximum Gasteiger partial charge on any atom is 0.271 e. The smallest absolute Gasteiger partial charge is 0.271 e. The molecule has 16 heavy (non-hydrogen) atoms. The fourth-order valence-electron chi connectivity index (χ4n) is 2.10. The van der Waals surface area contributed by atoms with Crippen LogP contribution in [-0.2, 0) is 0 Å². The zero-order valence-electron chi connectivity index (χ0n) is 8.67. The second kappa shape index (κ2) is 2.94. The summed E-state index contributed by atoms with van der Waals surface area (Å²) in [5.41, 5.74) is 1.72. The highest BCUT2D eigenvalue weighted by atomic mass is 16.6. The summed E-state index contributed by atoms with van der Waals surface area (Å²) < 4.78 is 2.00. The molecule has 1 aliphatic heterocycles. The van der Waals surface area contributed by atoms with Crippen molar-refractivity contribution in [2.45, 2.75) is 13.0 Å². The van der Waals surface area contributed by atoms with Crippen LogP contribution in [0.2, 0.25) is 0 Å². The molecule has 0 amide bonds. The van der Waals surface area contributed by atoms with Crippen LogP contribution in [0.1, 0.15) is 13.0 Å². The van der Waals surface area contributed by atoms with E-state index in [2.05, 4.69) is 17.2 Å². The van der Waals surface area contributed by atoms with E-state index < -0.39 is 0 Å². The van der Waals surface area contributed by atoms with E-state index in [4.69, 9.17) is 0 Å². The van der Waals surface area contributed by atoms with Crippen LogP contribution in [0.25, 0.3) is 11.0 Å². The summed E-state index contributed by atoms with van der Waals surface area (Å²) in [6, 6.07) is 5.03. The largest absolute Gasteiger partial charge is 0.354 e. The third-order valence-corrected chi connectivity index (χ3v) is 2.88. The van der Waals surface area contributed by atoms with Gasteiger partial charge in [0.15, 0.2) is 0 Å². The molecule has 0 bridgehead atoms. The van der Waals surface area contributed by atoms with E-state index in [1.807, 2.05) is 4.57 Å². The lowest BCUT2D eigenvalue weighted by atomic mass is 10.2. The average molecular weight is 218 g/mol. The van der Waals surface area contributed by atoms with E-state index in [0.717, 1.165) is 23.5 Å². The molecule has 0 radical (unpaired) electrons. The predicted molar refractivity (Wildman–Crippen MR) is 59.6 cm³/mol. The molecule has 2 heterocycles. The van der Waals surface area contributed by atoms with Crippen molar-refractivity contribution in [3.63, 3.8) is 0 Å². The molecule has 0 fully saturated rings. The third-order valence-electron chi connectivity index (χ3n) is 2.88. The number of benzene rings is 1. The van der Waals surface area contributed by atoms with Crippen molar-refractivity contribution in [2.75, 3.05) is 11.9 Å². The maximum atomic E-state index is 10.7. The van der Waals surface area contributed by atoms with Gasteiger partial charge in [-0.15, -0.1) is 0 Å². The first-order valence-electron chi connectivity index (χ1n) is 5.07. The number of non-ortho nitro benzene ring substituents is 1. The number of hydrogen-bond acceptors (Lipinski definition) is 4. The van der Waals surface area contributed by atoms with Gasteiger partial charge in [0.05, 0.1) is 22.0 Å². The van der Waals surface area contributed by atoms with Gasteiger partial charge in [-0.05, 0) is 13.0 Å². The molecule has 0 spiro atoms. The normalized spacial score (nSPS) is 18.4. The van der Waals surface area contributed by atoms with Gasteiger partial charge in [-0.2, -0.15) is 0 Å². The van der Waals surface area contributed by atoms with Crippen molar-refractivity contribution in [3.05, 3.63) is 28.3 Å². The highest BCUT2D eigenvalue weighted by Crippen LogP contribution is 2.30. The van der Waals surface area contributed by atoms with E-state index in [9.17, 15) is 10.1 Å². The molecule has 0 aliphatic carbocycles. The first-order valence-corrected chi connectivity index (χ1v) is 5.07. The molecule has 6 heteroatoms. The molecule has 3 rings (SSSR count). The number of nitro groups is 1. The van der Waals surface area contributed by atoms with E-state index in [-0.39, 0.29) is 16.7 Å². The second-order valence-corrected chi connectivity index (χ2v) is 3.97. The van der Waals surface area contributed by atoms with Crippen LogP contribution in [0.15, 0.2) is 18.2 Å². The van der Waals surface area contributed by atoms with Crippen molar-refractivity contribution in [1.29, 1.82) is 0 Å². The number of aromatic nitrogens is 2. The Morgan fingerprint density at radius 2 is 2.44 bits per heavy atom. The van der Waals surface area contributed by atoms with Crippen molar-refractivity contribution in [1.82, 2.24) is 9.55 Å². The Bertz CT molecular complexity index is 590. The van der Waals surface area contributed by atoms with Crippen LogP contribution < -0.4 is 5.32 Å². The van der Waals surface area contributed by atoms with Gasteiger partial charge in [0.1, 0.15) is 0 Å². The molecular weight excluding hydrogens is 208 g/mol. The van der Waals surface area contributed by atoms with E-state index >= 15 is 0 Å². The second-order valence-electron chi connectivity index (χ2n) is 3.97. The first-order chi connectivity index (χ1) is 7.66. The van der Waals surface area contributed by atoms with Gasteiger partial charge in [0.2, 0.25) is 5.95 Å².